The number of hydrogen-bond donors (Lipinski definition) is 2. The van der Waals surface area contributed by atoms with Crippen molar-refractivity contribution < 1.29 is 4.79 Å². The van der Waals surface area contributed by atoms with Crippen LogP contribution in [0.4, 0.5) is 0 Å². The van der Waals surface area contributed by atoms with Crippen LogP contribution in [0.2, 0.25) is 0 Å². The largest absolute Gasteiger partial charge is 0.353 e. The molecule has 0 aromatic rings. The summed E-state index contributed by atoms with van der Waals surface area (Å²) in [6.07, 6.45) is 0.813. The van der Waals surface area contributed by atoms with E-state index < -0.39 is 0 Å². The topological polar surface area (TPSA) is 55.1 Å². The molecule has 0 saturated heterocycles. The normalized spacial score (nSPS) is 15.5. The minimum atomic E-state index is -0.0267. The van der Waals surface area contributed by atoms with Gasteiger partial charge in [0.05, 0.1) is 0 Å². The van der Waals surface area contributed by atoms with E-state index in [1.807, 2.05) is 13.8 Å². The second-order valence-corrected chi connectivity index (χ2v) is 3.88. The van der Waals surface area contributed by atoms with Crippen molar-refractivity contribution in [3.8, 4) is 0 Å². The molecule has 0 fully saturated rings. The van der Waals surface area contributed by atoms with Gasteiger partial charge in [-0.15, -0.1) is 0 Å². The molecule has 0 aliphatic rings. The molecule has 13 heavy (non-hydrogen) atoms. The molecule has 0 rings (SSSR count). The minimum absolute atomic E-state index is 0.0267. The zero-order valence-corrected chi connectivity index (χ0v) is 9.13. The summed E-state index contributed by atoms with van der Waals surface area (Å²) >= 11 is 0. The van der Waals surface area contributed by atoms with Crippen molar-refractivity contribution in [3.05, 3.63) is 0 Å². The van der Waals surface area contributed by atoms with Crippen molar-refractivity contribution in [2.24, 2.45) is 17.6 Å². The Kier molecular flexibility index (Phi) is 5.71. The number of nitrogens with two attached hydrogens (primary N) is 1. The maximum Gasteiger partial charge on any atom is 0.224 e. The molecular formula is C10H22N2O. The van der Waals surface area contributed by atoms with Gasteiger partial charge in [0.1, 0.15) is 0 Å². The fourth-order valence-corrected chi connectivity index (χ4v) is 0.968. The summed E-state index contributed by atoms with van der Waals surface area (Å²) in [7, 11) is 0. The van der Waals surface area contributed by atoms with Crippen LogP contribution in [0.15, 0.2) is 0 Å². The molecule has 0 aliphatic carbocycles. The number of carbonyl (C=O) groups is 1. The summed E-state index contributed by atoms with van der Waals surface area (Å²) in [5.41, 5.74) is 5.48. The zero-order chi connectivity index (χ0) is 10.4. The van der Waals surface area contributed by atoms with E-state index >= 15 is 0 Å². The van der Waals surface area contributed by atoms with Gasteiger partial charge in [0, 0.05) is 18.5 Å². The molecule has 0 aliphatic heterocycles. The smallest absolute Gasteiger partial charge is 0.224 e. The lowest BCUT2D eigenvalue weighted by Gasteiger charge is -2.20. The van der Waals surface area contributed by atoms with Crippen LogP contribution < -0.4 is 11.1 Å². The van der Waals surface area contributed by atoms with Crippen molar-refractivity contribution in [2.45, 2.75) is 40.2 Å². The molecule has 2 unspecified atom stereocenters. The van der Waals surface area contributed by atoms with Crippen LogP contribution in [0, 0.1) is 11.8 Å². The number of nitrogens with one attached hydrogen (secondary N) is 1. The van der Waals surface area contributed by atoms with Crippen molar-refractivity contribution >= 4 is 5.91 Å². The lowest BCUT2D eigenvalue weighted by molar-refractivity contribution is -0.125. The van der Waals surface area contributed by atoms with Gasteiger partial charge in [-0.2, -0.15) is 0 Å². The molecular weight excluding hydrogens is 164 g/mol. The molecule has 78 valence electrons. The molecule has 2 atom stereocenters. The summed E-state index contributed by atoms with van der Waals surface area (Å²) in [5, 5.41) is 2.96. The second kappa shape index (κ2) is 5.97. The highest BCUT2D eigenvalue weighted by Crippen LogP contribution is 2.04. The maximum atomic E-state index is 11.5. The van der Waals surface area contributed by atoms with Gasteiger partial charge in [0.2, 0.25) is 5.91 Å². The third-order valence-corrected chi connectivity index (χ3v) is 2.52. The van der Waals surface area contributed by atoms with Gasteiger partial charge in [0.15, 0.2) is 0 Å². The number of amides is 1. The van der Waals surface area contributed by atoms with Crippen LogP contribution in [0.5, 0.6) is 0 Å². The van der Waals surface area contributed by atoms with E-state index in [2.05, 4.69) is 19.2 Å². The predicted octanol–water partition coefficient (Wildman–Crippen LogP) is 1.13. The van der Waals surface area contributed by atoms with Gasteiger partial charge < -0.3 is 11.1 Å². The number of hydrogen-bond acceptors (Lipinski definition) is 2. The highest BCUT2D eigenvalue weighted by molar-refractivity contribution is 5.79. The molecule has 3 N–H and O–H groups in total. The predicted molar refractivity (Wildman–Crippen MR) is 55.3 cm³/mol. The lowest BCUT2D eigenvalue weighted by Crippen LogP contribution is -2.41. The summed E-state index contributed by atoms with van der Waals surface area (Å²) in [6.45, 7) is 8.62. The second-order valence-electron chi connectivity index (χ2n) is 3.88. The Morgan fingerprint density at radius 2 is 1.92 bits per heavy atom. The van der Waals surface area contributed by atoms with Crippen LogP contribution in [0.1, 0.15) is 34.1 Å². The monoisotopic (exact) mass is 186 g/mol. The van der Waals surface area contributed by atoms with Gasteiger partial charge in [0.25, 0.3) is 0 Å². The third-order valence-electron chi connectivity index (χ3n) is 2.52. The standard InChI is InChI=1S/C10H22N2O/c1-5-9(6-11)10(13)12-8(4)7(2)3/h7-9H,5-6,11H2,1-4H3,(H,12,13). The van der Waals surface area contributed by atoms with Crippen LogP contribution in [-0.2, 0) is 4.79 Å². The van der Waals surface area contributed by atoms with Crippen molar-refractivity contribution in [3.63, 3.8) is 0 Å². The molecule has 0 heterocycles. The van der Waals surface area contributed by atoms with E-state index in [9.17, 15) is 4.79 Å². The molecule has 1 amide bonds. The number of carbonyl (C=O) groups excluding carboxylic acids is 1. The maximum absolute atomic E-state index is 11.5. The average Bonchev–Trinajstić information content (AvgIpc) is 2.06. The summed E-state index contributed by atoms with van der Waals surface area (Å²) in [6, 6.07) is 0.230. The quantitative estimate of drug-likeness (QED) is 0.676. The fourth-order valence-electron chi connectivity index (χ4n) is 0.968. The first-order valence-corrected chi connectivity index (χ1v) is 5.03. The summed E-state index contributed by atoms with van der Waals surface area (Å²) in [4.78, 5) is 11.5. The van der Waals surface area contributed by atoms with E-state index in [-0.39, 0.29) is 17.9 Å². The zero-order valence-electron chi connectivity index (χ0n) is 9.13. The average molecular weight is 186 g/mol. The SMILES string of the molecule is CCC(CN)C(=O)NC(C)C(C)C. The van der Waals surface area contributed by atoms with Crippen LogP contribution in [0.25, 0.3) is 0 Å². The molecule has 0 radical (unpaired) electrons. The highest BCUT2D eigenvalue weighted by atomic mass is 16.1. The summed E-state index contributed by atoms with van der Waals surface area (Å²) < 4.78 is 0. The molecule has 3 heteroatoms. The molecule has 0 bridgehead atoms. The van der Waals surface area contributed by atoms with Crippen molar-refractivity contribution in [1.82, 2.24) is 5.32 Å². The van der Waals surface area contributed by atoms with Gasteiger partial charge >= 0.3 is 0 Å². The van der Waals surface area contributed by atoms with Gasteiger partial charge in [-0.3, -0.25) is 4.79 Å². The van der Waals surface area contributed by atoms with E-state index in [1.165, 1.54) is 0 Å². The van der Waals surface area contributed by atoms with Crippen LogP contribution >= 0.6 is 0 Å². The first kappa shape index (κ1) is 12.4. The molecule has 0 spiro atoms. The number of rotatable bonds is 5. The summed E-state index contributed by atoms with van der Waals surface area (Å²) in [5.74, 6) is 0.534. The van der Waals surface area contributed by atoms with Crippen molar-refractivity contribution in [1.29, 1.82) is 0 Å². The minimum Gasteiger partial charge on any atom is -0.353 e. The highest BCUT2D eigenvalue weighted by Gasteiger charge is 2.17. The lowest BCUT2D eigenvalue weighted by atomic mass is 10.0. The molecule has 0 aromatic carbocycles. The Morgan fingerprint density at radius 1 is 1.38 bits per heavy atom. The van der Waals surface area contributed by atoms with E-state index in [0.717, 1.165) is 6.42 Å². The molecule has 3 nitrogen and oxygen atoms in total. The van der Waals surface area contributed by atoms with Gasteiger partial charge in [-0.1, -0.05) is 20.8 Å². The first-order chi connectivity index (χ1) is 6.02. The Balaban J connectivity index is 3.98. The Morgan fingerprint density at radius 3 is 2.23 bits per heavy atom. The fraction of sp³-hybridized carbons (Fsp3) is 0.900. The molecule has 0 saturated carbocycles. The van der Waals surface area contributed by atoms with Crippen LogP contribution in [0.3, 0.4) is 0 Å². The van der Waals surface area contributed by atoms with Gasteiger partial charge in [-0.25, -0.2) is 0 Å². The first-order valence-electron chi connectivity index (χ1n) is 5.03. The Hall–Kier alpha value is -0.570. The van der Waals surface area contributed by atoms with E-state index in [4.69, 9.17) is 5.73 Å². The third kappa shape index (κ3) is 4.27. The molecule has 0 aromatic heterocycles. The van der Waals surface area contributed by atoms with Crippen molar-refractivity contribution in [2.75, 3.05) is 6.54 Å². The Bertz CT molecular complexity index is 153. The Labute approximate surface area is 81.1 Å². The van der Waals surface area contributed by atoms with Gasteiger partial charge in [-0.05, 0) is 19.3 Å². The van der Waals surface area contributed by atoms with E-state index in [1.54, 1.807) is 0 Å². The van der Waals surface area contributed by atoms with Crippen LogP contribution in [-0.4, -0.2) is 18.5 Å². The van der Waals surface area contributed by atoms with E-state index in [0.29, 0.717) is 12.5 Å².